The molecule has 0 radical (unpaired) electrons. The Labute approximate surface area is 142 Å². The van der Waals surface area contributed by atoms with E-state index in [9.17, 15) is 9.59 Å². The molecule has 0 fully saturated rings. The molecule has 24 heavy (non-hydrogen) atoms. The molecule has 2 rings (SSSR count). The van der Waals surface area contributed by atoms with Gasteiger partial charge in [-0.3, -0.25) is 9.59 Å². The van der Waals surface area contributed by atoms with Gasteiger partial charge >= 0.3 is 0 Å². The van der Waals surface area contributed by atoms with Crippen LogP contribution >= 0.6 is 0 Å². The monoisotopic (exact) mass is 326 g/mol. The lowest BCUT2D eigenvalue weighted by molar-refractivity contribution is -0.123. The first-order valence-corrected chi connectivity index (χ1v) is 7.85. The van der Waals surface area contributed by atoms with Crippen LogP contribution in [0.15, 0.2) is 42.5 Å². The van der Waals surface area contributed by atoms with Crippen LogP contribution in [0.25, 0.3) is 0 Å². The van der Waals surface area contributed by atoms with Crippen molar-refractivity contribution in [1.29, 1.82) is 0 Å². The third-order valence-corrected chi connectivity index (χ3v) is 3.60. The van der Waals surface area contributed by atoms with Crippen molar-refractivity contribution in [3.8, 4) is 5.75 Å². The van der Waals surface area contributed by atoms with Gasteiger partial charge in [0, 0.05) is 5.69 Å². The van der Waals surface area contributed by atoms with Crippen LogP contribution in [-0.2, 0) is 16.0 Å². The normalized spacial score (nSPS) is 10.1. The quantitative estimate of drug-likeness (QED) is 0.798. The highest BCUT2D eigenvalue weighted by Crippen LogP contribution is 2.25. The van der Waals surface area contributed by atoms with Crippen molar-refractivity contribution in [1.82, 2.24) is 0 Å². The summed E-state index contributed by atoms with van der Waals surface area (Å²) in [6, 6.07) is 13.0. The third-order valence-electron chi connectivity index (χ3n) is 3.60. The summed E-state index contributed by atoms with van der Waals surface area (Å²) in [4.78, 5) is 24.1. The van der Waals surface area contributed by atoms with Crippen molar-refractivity contribution in [3.63, 3.8) is 0 Å². The number of nitrogens with one attached hydrogen (secondary N) is 2. The number of ether oxygens (including phenoxy) is 1. The maximum atomic E-state index is 12.1. The van der Waals surface area contributed by atoms with Crippen molar-refractivity contribution in [2.45, 2.75) is 26.7 Å². The van der Waals surface area contributed by atoms with Crippen molar-refractivity contribution in [3.05, 3.63) is 53.6 Å². The van der Waals surface area contributed by atoms with E-state index in [1.807, 2.05) is 37.3 Å². The lowest BCUT2D eigenvalue weighted by Gasteiger charge is -2.11. The molecule has 0 spiro atoms. The third kappa shape index (κ3) is 4.84. The van der Waals surface area contributed by atoms with Crippen LogP contribution < -0.4 is 15.4 Å². The van der Waals surface area contributed by atoms with E-state index in [0.29, 0.717) is 17.1 Å². The Morgan fingerprint density at radius 1 is 1.00 bits per heavy atom. The SMILES string of the molecule is CCc1ccc(NC(=O)CC(=O)Nc2cc(C)ccc2OC)cc1. The minimum atomic E-state index is -0.387. The molecule has 2 aromatic carbocycles. The molecule has 0 aliphatic rings. The molecule has 126 valence electrons. The van der Waals surface area contributed by atoms with E-state index < -0.39 is 0 Å². The Kier molecular flexibility index (Phi) is 5.95. The van der Waals surface area contributed by atoms with E-state index in [1.54, 1.807) is 12.1 Å². The molecule has 0 bridgehead atoms. The van der Waals surface area contributed by atoms with Crippen molar-refractivity contribution in [2.24, 2.45) is 0 Å². The smallest absolute Gasteiger partial charge is 0.233 e. The van der Waals surface area contributed by atoms with Gasteiger partial charge in [0.15, 0.2) is 0 Å². The first-order valence-electron chi connectivity index (χ1n) is 7.85. The summed E-state index contributed by atoms with van der Waals surface area (Å²) in [6.45, 7) is 3.99. The predicted molar refractivity (Wildman–Crippen MR) is 95.4 cm³/mol. The fourth-order valence-electron chi connectivity index (χ4n) is 2.29. The maximum absolute atomic E-state index is 12.1. The highest BCUT2D eigenvalue weighted by Gasteiger charge is 2.12. The summed E-state index contributed by atoms with van der Waals surface area (Å²) >= 11 is 0. The molecule has 0 saturated heterocycles. The van der Waals surface area contributed by atoms with Crippen molar-refractivity contribution < 1.29 is 14.3 Å². The van der Waals surface area contributed by atoms with Gasteiger partial charge in [-0.25, -0.2) is 0 Å². The first kappa shape index (κ1) is 17.5. The Morgan fingerprint density at radius 2 is 1.67 bits per heavy atom. The standard InChI is InChI=1S/C19H22N2O3/c1-4-14-6-8-15(9-7-14)20-18(22)12-19(23)21-16-11-13(2)5-10-17(16)24-3/h5-11H,4,12H2,1-3H3,(H,20,22)(H,21,23). The van der Waals surface area contributed by atoms with Gasteiger partial charge in [0.05, 0.1) is 12.8 Å². The van der Waals surface area contributed by atoms with Crippen LogP contribution in [0.3, 0.4) is 0 Å². The second-order valence-corrected chi connectivity index (χ2v) is 5.53. The number of amides is 2. The number of carbonyl (C=O) groups is 2. The molecule has 0 atom stereocenters. The predicted octanol–water partition coefficient (Wildman–Crippen LogP) is 3.53. The van der Waals surface area contributed by atoms with E-state index in [4.69, 9.17) is 4.74 Å². The van der Waals surface area contributed by atoms with E-state index in [0.717, 1.165) is 12.0 Å². The number of aryl methyl sites for hydroxylation is 2. The number of benzene rings is 2. The van der Waals surface area contributed by atoms with E-state index in [-0.39, 0.29) is 18.2 Å². The summed E-state index contributed by atoms with van der Waals surface area (Å²) in [5.41, 5.74) is 3.42. The van der Waals surface area contributed by atoms with Crippen LogP contribution in [-0.4, -0.2) is 18.9 Å². The van der Waals surface area contributed by atoms with Crippen LogP contribution in [0, 0.1) is 6.92 Å². The Bertz CT molecular complexity index is 724. The largest absolute Gasteiger partial charge is 0.495 e. The summed E-state index contributed by atoms with van der Waals surface area (Å²) in [7, 11) is 1.53. The molecule has 2 aromatic rings. The average Bonchev–Trinajstić information content (AvgIpc) is 2.55. The number of hydrogen-bond acceptors (Lipinski definition) is 3. The minimum absolute atomic E-state index is 0.257. The molecule has 0 heterocycles. The fraction of sp³-hybridized carbons (Fsp3) is 0.263. The zero-order valence-electron chi connectivity index (χ0n) is 14.2. The molecule has 5 heteroatoms. The molecule has 2 N–H and O–H groups in total. The van der Waals surface area contributed by atoms with Crippen LogP contribution in [0.2, 0.25) is 0 Å². The second kappa shape index (κ2) is 8.15. The lowest BCUT2D eigenvalue weighted by atomic mass is 10.1. The number of hydrogen-bond donors (Lipinski definition) is 2. The second-order valence-electron chi connectivity index (χ2n) is 5.53. The fourth-order valence-corrected chi connectivity index (χ4v) is 2.29. The summed E-state index contributed by atoms with van der Waals surface area (Å²) in [6.07, 6.45) is 0.682. The van der Waals surface area contributed by atoms with Gasteiger partial charge in [-0.2, -0.15) is 0 Å². The first-order chi connectivity index (χ1) is 11.5. The summed E-state index contributed by atoms with van der Waals surface area (Å²) in [5.74, 6) is -0.186. The van der Waals surface area contributed by atoms with Gasteiger partial charge in [0.25, 0.3) is 0 Å². The van der Waals surface area contributed by atoms with Gasteiger partial charge < -0.3 is 15.4 Å². The zero-order chi connectivity index (χ0) is 17.5. The number of carbonyl (C=O) groups excluding carboxylic acids is 2. The van der Waals surface area contributed by atoms with Gasteiger partial charge in [0.2, 0.25) is 11.8 Å². The molecular weight excluding hydrogens is 304 g/mol. The minimum Gasteiger partial charge on any atom is -0.495 e. The molecule has 0 aromatic heterocycles. The molecule has 0 saturated carbocycles. The van der Waals surface area contributed by atoms with Crippen molar-refractivity contribution >= 4 is 23.2 Å². The van der Waals surface area contributed by atoms with E-state index in [2.05, 4.69) is 17.6 Å². The van der Waals surface area contributed by atoms with Crippen LogP contribution in [0.1, 0.15) is 24.5 Å². The Morgan fingerprint density at radius 3 is 2.29 bits per heavy atom. The zero-order valence-corrected chi connectivity index (χ0v) is 14.2. The molecule has 2 amide bonds. The number of rotatable bonds is 6. The van der Waals surface area contributed by atoms with Gasteiger partial charge in [0.1, 0.15) is 12.2 Å². The number of anilines is 2. The maximum Gasteiger partial charge on any atom is 0.233 e. The van der Waals surface area contributed by atoms with E-state index in [1.165, 1.54) is 12.7 Å². The van der Waals surface area contributed by atoms with Crippen molar-refractivity contribution in [2.75, 3.05) is 17.7 Å². The lowest BCUT2D eigenvalue weighted by Crippen LogP contribution is -2.21. The van der Waals surface area contributed by atoms with Crippen LogP contribution in [0.5, 0.6) is 5.75 Å². The van der Waals surface area contributed by atoms with E-state index >= 15 is 0 Å². The van der Waals surface area contributed by atoms with Gasteiger partial charge in [-0.15, -0.1) is 0 Å². The molecule has 0 unspecified atom stereocenters. The topological polar surface area (TPSA) is 67.4 Å². The van der Waals surface area contributed by atoms with Crippen LogP contribution in [0.4, 0.5) is 11.4 Å². The van der Waals surface area contributed by atoms with Gasteiger partial charge in [-0.05, 0) is 48.7 Å². The highest BCUT2D eigenvalue weighted by molar-refractivity contribution is 6.08. The molecule has 5 nitrogen and oxygen atoms in total. The highest BCUT2D eigenvalue weighted by atomic mass is 16.5. The number of methoxy groups -OCH3 is 1. The molecule has 0 aliphatic heterocycles. The Hall–Kier alpha value is -2.82. The molecule has 0 aliphatic carbocycles. The summed E-state index contributed by atoms with van der Waals surface area (Å²) in [5, 5.41) is 5.43. The summed E-state index contributed by atoms with van der Waals surface area (Å²) < 4.78 is 5.21. The Balaban J connectivity index is 1.94. The average molecular weight is 326 g/mol. The van der Waals surface area contributed by atoms with Gasteiger partial charge in [-0.1, -0.05) is 25.1 Å². The molecular formula is C19H22N2O3.